The van der Waals surface area contributed by atoms with Crippen molar-refractivity contribution in [3.8, 4) is 17.1 Å². The van der Waals surface area contributed by atoms with Crippen molar-refractivity contribution in [1.82, 2.24) is 15.0 Å². The van der Waals surface area contributed by atoms with Gasteiger partial charge >= 0.3 is 0 Å². The van der Waals surface area contributed by atoms with E-state index in [1.54, 1.807) is 30.2 Å². The average Bonchev–Trinajstić information content (AvgIpc) is 3.23. The van der Waals surface area contributed by atoms with Gasteiger partial charge in [0.15, 0.2) is 0 Å². The highest BCUT2D eigenvalue weighted by Crippen LogP contribution is 2.34. The molecular formula is C21H19Cl2N3O3. The van der Waals surface area contributed by atoms with Crippen LogP contribution in [0.2, 0.25) is 10.0 Å². The molecule has 0 aliphatic carbocycles. The number of likely N-dealkylation sites (tertiary alicyclic amines) is 1. The number of hydrogen-bond acceptors (Lipinski definition) is 5. The number of carbonyl (C=O) groups excluding carboxylic acids is 1. The fourth-order valence-electron chi connectivity index (χ4n) is 3.48. The van der Waals surface area contributed by atoms with Gasteiger partial charge in [-0.1, -0.05) is 28.4 Å². The molecule has 8 heteroatoms. The number of hydrogen-bond donors (Lipinski definition) is 0. The molecule has 4 rings (SSSR count). The minimum absolute atomic E-state index is 0.166. The first-order valence-electron chi connectivity index (χ1n) is 9.31. The lowest BCUT2D eigenvalue weighted by atomic mass is 10.0. The van der Waals surface area contributed by atoms with Gasteiger partial charge in [-0.15, -0.1) is 0 Å². The van der Waals surface area contributed by atoms with E-state index in [1.165, 1.54) is 0 Å². The molecule has 1 aliphatic rings. The predicted molar refractivity (Wildman–Crippen MR) is 110 cm³/mol. The third-order valence-electron chi connectivity index (χ3n) is 5.00. The van der Waals surface area contributed by atoms with Crippen LogP contribution in [0.3, 0.4) is 0 Å². The lowest BCUT2D eigenvalue weighted by Crippen LogP contribution is -2.38. The standard InChI is InChI=1S/C21H19Cl2N3O3/c1-28-15-8-5-13(6-9-15)19-24-20(29-25-19)18-4-2-3-11-26(18)21(27)16-10-7-14(22)12-17(16)23/h5-10,12,18H,2-4,11H2,1H3. The molecule has 29 heavy (non-hydrogen) atoms. The van der Waals surface area contributed by atoms with Gasteiger partial charge in [-0.05, 0) is 61.7 Å². The first-order valence-corrected chi connectivity index (χ1v) is 10.1. The fraction of sp³-hybridized carbons (Fsp3) is 0.286. The molecular weight excluding hydrogens is 413 g/mol. The quantitative estimate of drug-likeness (QED) is 0.551. The van der Waals surface area contributed by atoms with Gasteiger partial charge in [0, 0.05) is 17.1 Å². The van der Waals surface area contributed by atoms with E-state index in [9.17, 15) is 4.79 Å². The van der Waals surface area contributed by atoms with Crippen LogP contribution < -0.4 is 4.74 Å². The second-order valence-corrected chi connectivity index (χ2v) is 7.66. The van der Waals surface area contributed by atoms with Crippen LogP contribution in [-0.2, 0) is 0 Å². The lowest BCUT2D eigenvalue weighted by molar-refractivity contribution is 0.0561. The van der Waals surface area contributed by atoms with Crippen molar-refractivity contribution in [3.05, 3.63) is 64.0 Å². The SMILES string of the molecule is COc1ccc(-c2noc(C3CCCCN3C(=O)c3ccc(Cl)cc3Cl)n2)cc1. The van der Waals surface area contributed by atoms with E-state index in [-0.39, 0.29) is 11.9 Å². The molecule has 1 aromatic heterocycles. The number of piperidine rings is 1. The van der Waals surface area contributed by atoms with Gasteiger partial charge in [-0.2, -0.15) is 4.98 Å². The highest BCUT2D eigenvalue weighted by molar-refractivity contribution is 6.36. The fourth-order valence-corrected chi connectivity index (χ4v) is 3.97. The monoisotopic (exact) mass is 431 g/mol. The van der Waals surface area contributed by atoms with Crippen LogP contribution in [0.15, 0.2) is 47.0 Å². The van der Waals surface area contributed by atoms with E-state index in [4.69, 9.17) is 32.5 Å². The minimum atomic E-state index is -0.289. The van der Waals surface area contributed by atoms with E-state index in [1.807, 2.05) is 24.3 Å². The third kappa shape index (κ3) is 4.09. The summed E-state index contributed by atoms with van der Waals surface area (Å²) in [5.74, 6) is 1.49. The Kier molecular flexibility index (Phi) is 5.74. The van der Waals surface area contributed by atoms with Crippen molar-refractivity contribution in [2.75, 3.05) is 13.7 Å². The second-order valence-electron chi connectivity index (χ2n) is 6.82. The number of halogens is 2. The predicted octanol–water partition coefficient (Wildman–Crippen LogP) is 5.42. The number of methoxy groups -OCH3 is 1. The molecule has 1 amide bonds. The summed E-state index contributed by atoms with van der Waals surface area (Å²) in [5.41, 5.74) is 1.23. The Hall–Kier alpha value is -2.57. The summed E-state index contributed by atoms with van der Waals surface area (Å²) in [7, 11) is 1.61. The number of amides is 1. The van der Waals surface area contributed by atoms with Crippen LogP contribution in [0.25, 0.3) is 11.4 Å². The maximum Gasteiger partial charge on any atom is 0.256 e. The molecule has 0 N–H and O–H groups in total. The molecule has 1 fully saturated rings. The number of ether oxygens (including phenoxy) is 1. The van der Waals surface area contributed by atoms with Gasteiger partial charge < -0.3 is 14.2 Å². The van der Waals surface area contributed by atoms with E-state index < -0.39 is 0 Å². The highest BCUT2D eigenvalue weighted by Gasteiger charge is 2.33. The van der Waals surface area contributed by atoms with Crippen LogP contribution in [0, 0.1) is 0 Å². The number of carbonyl (C=O) groups is 1. The Bertz CT molecular complexity index is 1020. The molecule has 150 valence electrons. The van der Waals surface area contributed by atoms with Crippen molar-refractivity contribution in [3.63, 3.8) is 0 Å². The molecule has 1 aliphatic heterocycles. The van der Waals surface area contributed by atoms with Crippen LogP contribution in [-0.4, -0.2) is 34.6 Å². The molecule has 1 atom stereocenters. The van der Waals surface area contributed by atoms with Crippen molar-refractivity contribution in [2.45, 2.75) is 25.3 Å². The zero-order chi connectivity index (χ0) is 20.4. The molecule has 0 radical (unpaired) electrons. The van der Waals surface area contributed by atoms with Gasteiger partial charge in [-0.3, -0.25) is 4.79 Å². The number of nitrogens with zero attached hydrogens (tertiary/aromatic N) is 3. The summed E-state index contributed by atoms with van der Waals surface area (Å²) >= 11 is 12.2. The van der Waals surface area contributed by atoms with E-state index >= 15 is 0 Å². The van der Waals surface area contributed by atoms with Crippen LogP contribution in [0.4, 0.5) is 0 Å². The third-order valence-corrected chi connectivity index (χ3v) is 5.55. The van der Waals surface area contributed by atoms with Gasteiger partial charge in [0.2, 0.25) is 11.7 Å². The Morgan fingerprint density at radius 2 is 1.97 bits per heavy atom. The molecule has 6 nitrogen and oxygen atoms in total. The lowest BCUT2D eigenvalue weighted by Gasteiger charge is -2.33. The zero-order valence-corrected chi connectivity index (χ0v) is 17.3. The van der Waals surface area contributed by atoms with Crippen LogP contribution in [0.1, 0.15) is 41.6 Å². The maximum atomic E-state index is 13.2. The summed E-state index contributed by atoms with van der Waals surface area (Å²) in [6, 6.07) is 12.0. The topological polar surface area (TPSA) is 68.5 Å². The van der Waals surface area contributed by atoms with Gasteiger partial charge in [-0.25, -0.2) is 0 Å². The Balaban J connectivity index is 1.60. The Morgan fingerprint density at radius 3 is 2.69 bits per heavy atom. The molecule has 1 saturated heterocycles. The molecule has 0 saturated carbocycles. The summed E-state index contributed by atoms with van der Waals surface area (Å²) in [5, 5.41) is 4.92. The first kappa shape index (κ1) is 19.7. The summed E-state index contributed by atoms with van der Waals surface area (Å²) in [6.07, 6.45) is 2.64. The minimum Gasteiger partial charge on any atom is -0.497 e. The Morgan fingerprint density at radius 1 is 1.17 bits per heavy atom. The number of aromatic nitrogens is 2. The average molecular weight is 432 g/mol. The van der Waals surface area contributed by atoms with E-state index in [2.05, 4.69) is 10.1 Å². The Labute approximate surface area is 178 Å². The summed E-state index contributed by atoms with van der Waals surface area (Å²) < 4.78 is 10.7. The molecule has 0 bridgehead atoms. The van der Waals surface area contributed by atoms with E-state index in [0.29, 0.717) is 33.9 Å². The summed E-state index contributed by atoms with van der Waals surface area (Å²) in [6.45, 7) is 0.600. The molecule has 1 unspecified atom stereocenters. The van der Waals surface area contributed by atoms with Crippen molar-refractivity contribution in [2.24, 2.45) is 0 Å². The molecule has 2 heterocycles. The normalized spacial score (nSPS) is 16.7. The van der Waals surface area contributed by atoms with Gasteiger partial charge in [0.1, 0.15) is 11.8 Å². The number of benzene rings is 2. The zero-order valence-electron chi connectivity index (χ0n) is 15.8. The molecule has 2 aromatic carbocycles. The molecule has 0 spiro atoms. The maximum absolute atomic E-state index is 13.2. The van der Waals surface area contributed by atoms with Gasteiger partial charge in [0.05, 0.1) is 17.7 Å². The molecule has 3 aromatic rings. The van der Waals surface area contributed by atoms with Crippen molar-refractivity contribution < 1.29 is 14.1 Å². The van der Waals surface area contributed by atoms with E-state index in [0.717, 1.165) is 30.6 Å². The highest BCUT2D eigenvalue weighted by atomic mass is 35.5. The van der Waals surface area contributed by atoms with Crippen LogP contribution in [0.5, 0.6) is 5.75 Å². The van der Waals surface area contributed by atoms with Gasteiger partial charge in [0.25, 0.3) is 5.91 Å². The largest absolute Gasteiger partial charge is 0.497 e. The summed E-state index contributed by atoms with van der Waals surface area (Å²) in [4.78, 5) is 19.5. The van der Waals surface area contributed by atoms with Crippen molar-refractivity contribution in [1.29, 1.82) is 0 Å². The van der Waals surface area contributed by atoms with Crippen molar-refractivity contribution >= 4 is 29.1 Å². The second kappa shape index (κ2) is 8.43. The smallest absolute Gasteiger partial charge is 0.256 e. The number of rotatable bonds is 4. The first-order chi connectivity index (χ1) is 14.1. The van der Waals surface area contributed by atoms with Crippen LogP contribution >= 0.6 is 23.2 Å².